The fraction of sp³-hybridized carbons (Fsp3) is 0.125. The molecule has 3 rings (SSSR count). The predicted octanol–water partition coefficient (Wildman–Crippen LogP) is 3.22. The first-order valence-corrected chi connectivity index (χ1v) is 7.39. The third-order valence-corrected chi connectivity index (χ3v) is 3.27. The van der Waals surface area contributed by atoms with E-state index in [2.05, 4.69) is 25.7 Å². The maximum atomic E-state index is 12.7. The Hall–Kier alpha value is -3.43. The zero-order chi connectivity index (χ0) is 18.7. The van der Waals surface area contributed by atoms with Crippen molar-refractivity contribution in [3.63, 3.8) is 0 Å². The van der Waals surface area contributed by atoms with Crippen LogP contribution in [0.5, 0.6) is 0 Å². The summed E-state index contributed by atoms with van der Waals surface area (Å²) in [5.41, 5.74) is -0.0719. The lowest BCUT2D eigenvalue weighted by molar-refractivity contribution is -0.141. The molecule has 0 aliphatic heterocycles. The van der Waals surface area contributed by atoms with E-state index >= 15 is 0 Å². The largest absolute Gasteiger partial charge is 0.433 e. The van der Waals surface area contributed by atoms with Crippen molar-refractivity contribution in [2.75, 3.05) is 10.6 Å². The van der Waals surface area contributed by atoms with Crippen molar-refractivity contribution in [1.29, 1.82) is 0 Å². The lowest BCUT2D eigenvalue weighted by atomic mass is 10.3. The molecule has 0 saturated heterocycles. The lowest BCUT2D eigenvalue weighted by Crippen LogP contribution is -2.17. The fourth-order valence-electron chi connectivity index (χ4n) is 2.18. The number of aromatic nitrogens is 4. The van der Waals surface area contributed by atoms with E-state index in [1.54, 1.807) is 37.8 Å². The van der Waals surface area contributed by atoms with E-state index in [-0.39, 0.29) is 11.5 Å². The maximum absolute atomic E-state index is 12.7. The average Bonchev–Trinajstić information content (AvgIpc) is 2.96. The Morgan fingerprint density at radius 1 is 1.19 bits per heavy atom. The molecule has 0 bridgehead atoms. The summed E-state index contributed by atoms with van der Waals surface area (Å²) in [6, 6.07) is 6.72. The number of hydrogen-bond acceptors (Lipinski definition) is 5. The molecule has 0 atom stereocenters. The van der Waals surface area contributed by atoms with E-state index in [9.17, 15) is 18.0 Å². The molecule has 0 aromatic carbocycles. The van der Waals surface area contributed by atoms with Gasteiger partial charge in [0.25, 0.3) is 5.91 Å². The molecule has 10 heteroatoms. The van der Waals surface area contributed by atoms with E-state index in [0.717, 1.165) is 6.07 Å². The molecule has 3 aromatic heterocycles. The minimum absolute atomic E-state index is 0.00978. The van der Waals surface area contributed by atoms with Crippen molar-refractivity contribution in [2.45, 2.75) is 6.18 Å². The predicted molar refractivity (Wildman–Crippen MR) is 87.9 cm³/mol. The van der Waals surface area contributed by atoms with Crippen molar-refractivity contribution in [1.82, 2.24) is 19.7 Å². The summed E-state index contributed by atoms with van der Waals surface area (Å²) < 4.78 is 39.6. The zero-order valence-electron chi connectivity index (χ0n) is 13.4. The summed E-state index contributed by atoms with van der Waals surface area (Å²) in [7, 11) is 1.62. The van der Waals surface area contributed by atoms with E-state index < -0.39 is 17.8 Å². The number of hydrogen-bond donors (Lipinski definition) is 2. The fourth-order valence-corrected chi connectivity index (χ4v) is 2.18. The van der Waals surface area contributed by atoms with E-state index in [0.29, 0.717) is 11.4 Å². The molecule has 7 nitrogen and oxygen atoms in total. The van der Waals surface area contributed by atoms with Crippen molar-refractivity contribution in [3.8, 4) is 0 Å². The number of pyridine rings is 2. The summed E-state index contributed by atoms with van der Waals surface area (Å²) in [6.07, 6.45) is 0.130. The van der Waals surface area contributed by atoms with Crippen LogP contribution in [0.15, 0.2) is 48.9 Å². The maximum Gasteiger partial charge on any atom is 0.433 e. The Morgan fingerprint density at radius 3 is 2.69 bits per heavy atom. The molecule has 3 aromatic rings. The topological polar surface area (TPSA) is 84.7 Å². The van der Waals surface area contributed by atoms with Crippen LogP contribution in [-0.2, 0) is 13.2 Å². The second-order valence-corrected chi connectivity index (χ2v) is 5.29. The highest BCUT2D eigenvalue weighted by atomic mass is 19.4. The van der Waals surface area contributed by atoms with Crippen molar-refractivity contribution >= 4 is 23.1 Å². The van der Waals surface area contributed by atoms with E-state index in [1.807, 2.05) is 0 Å². The second kappa shape index (κ2) is 6.82. The Labute approximate surface area is 145 Å². The molecule has 26 heavy (non-hydrogen) atoms. The summed E-state index contributed by atoms with van der Waals surface area (Å²) in [4.78, 5) is 19.8. The molecule has 134 valence electrons. The minimum Gasteiger partial charge on any atom is -0.351 e. The van der Waals surface area contributed by atoms with Gasteiger partial charge < -0.3 is 10.6 Å². The molecule has 0 aliphatic carbocycles. The molecule has 2 N–H and O–H groups in total. The molecule has 0 unspecified atom stereocenters. The SMILES string of the molecule is Cn1cc(Nc2cccnc2)c(C(=O)Nc2cccc(C(F)(F)F)n2)n1. The summed E-state index contributed by atoms with van der Waals surface area (Å²) in [5, 5.41) is 9.36. The van der Waals surface area contributed by atoms with Gasteiger partial charge in [-0.25, -0.2) is 4.98 Å². The number of nitrogens with zero attached hydrogens (tertiary/aromatic N) is 4. The highest BCUT2D eigenvalue weighted by molar-refractivity contribution is 6.06. The molecule has 0 radical (unpaired) electrons. The number of carbonyl (C=O) groups is 1. The average molecular weight is 362 g/mol. The number of rotatable bonds is 4. The molecule has 0 spiro atoms. The standard InChI is InChI=1S/C16H13F3N6O/c1-25-9-11(21-10-4-3-7-20-8-10)14(24-25)15(26)23-13-6-2-5-12(22-13)16(17,18)19/h2-9,21H,1H3,(H,22,23,26). The molecule has 0 saturated carbocycles. The number of carbonyl (C=O) groups excluding carboxylic acids is 1. The molecule has 3 heterocycles. The first-order chi connectivity index (χ1) is 12.3. The number of anilines is 3. The number of halogens is 3. The minimum atomic E-state index is -4.60. The molecular weight excluding hydrogens is 349 g/mol. The van der Waals surface area contributed by atoms with Crippen molar-refractivity contribution in [2.24, 2.45) is 7.05 Å². The van der Waals surface area contributed by atoms with Gasteiger partial charge >= 0.3 is 6.18 Å². The lowest BCUT2D eigenvalue weighted by Gasteiger charge is -2.09. The summed E-state index contributed by atoms with van der Waals surface area (Å²) in [5.74, 6) is -0.911. The van der Waals surface area contributed by atoms with Crippen LogP contribution in [0.25, 0.3) is 0 Å². The monoisotopic (exact) mass is 362 g/mol. The summed E-state index contributed by atoms with van der Waals surface area (Å²) in [6.45, 7) is 0. The normalized spacial score (nSPS) is 11.2. The van der Waals surface area contributed by atoms with Crippen LogP contribution in [0.4, 0.5) is 30.4 Å². The third kappa shape index (κ3) is 3.97. The van der Waals surface area contributed by atoms with Crippen LogP contribution in [0.3, 0.4) is 0 Å². The Bertz CT molecular complexity index is 923. The van der Waals surface area contributed by atoms with Crippen LogP contribution in [-0.4, -0.2) is 25.7 Å². The van der Waals surface area contributed by atoms with Gasteiger partial charge in [-0.1, -0.05) is 6.07 Å². The van der Waals surface area contributed by atoms with Gasteiger partial charge in [0.05, 0.1) is 17.6 Å². The van der Waals surface area contributed by atoms with Gasteiger partial charge in [0.15, 0.2) is 5.69 Å². The van der Waals surface area contributed by atoms with E-state index in [1.165, 1.54) is 16.8 Å². The van der Waals surface area contributed by atoms with Crippen molar-refractivity contribution < 1.29 is 18.0 Å². The number of alkyl halides is 3. The number of aryl methyl sites for hydroxylation is 1. The van der Waals surface area contributed by atoms with Crippen LogP contribution < -0.4 is 10.6 Å². The molecule has 0 aliphatic rings. The van der Waals surface area contributed by atoms with Crippen LogP contribution >= 0.6 is 0 Å². The van der Waals surface area contributed by atoms with Gasteiger partial charge in [-0.2, -0.15) is 18.3 Å². The Balaban J connectivity index is 1.83. The number of nitrogens with one attached hydrogen (secondary N) is 2. The first kappa shape index (κ1) is 17.4. The highest BCUT2D eigenvalue weighted by Crippen LogP contribution is 2.28. The van der Waals surface area contributed by atoms with Crippen LogP contribution in [0.2, 0.25) is 0 Å². The van der Waals surface area contributed by atoms with Gasteiger partial charge in [0, 0.05) is 19.4 Å². The summed E-state index contributed by atoms with van der Waals surface area (Å²) >= 11 is 0. The van der Waals surface area contributed by atoms with Crippen molar-refractivity contribution in [3.05, 3.63) is 60.3 Å². The molecular formula is C16H13F3N6O. The highest BCUT2D eigenvalue weighted by Gasteiger charge is 2.32. The van der Waals surface area contributed by atoms with Crippen LogP contribution in [0, 0.1) is 0 Å². The first-order valence-electron chi connectivity index (χ1n) is 7.39. The third-order valence-electron chi connectivity index (χ3n) is 3.27. The Kier molecular flexibility index (Phi) is 4.57. The quantitative estimate of drug-likeness (QED) is 0.744. The zero-order valence-corrected chi connectivity index (χ0v) is 13.4. The molecule has 1 amide bonds. The van der Waals surface area contributed by atoms with Crippen LogP contribution in [0.1, 0.15) is 16.2 Å². The smallest absolute Gasteiger partial charge is 0.351 e. The van der Waals surface area contributed by atoms with Gasteiger partial charge in [0.2, 0.25) is 0 Å². The van der Waals surface area contributed by atoms with Gasteiger partial charge in [-0.3, -0.25) is 14.5 Å². The van der Waals surface area contributed by atoms with Gasteiger partial charge in [-0.15, -0.1) is 0 Å². The Morgan fingerprint density at radius 2 is 2.00 bits per heavy atom. The van der Waals surface area contributed by atoms with E-state index in [4.69, 9.17) is 0 Å². The molecule has 0 fully saturated rings. The van der Waals surface area contributed by atoms with Gasteiger partial charge in [-0.05, 0) is 24.3 Å². The second-order valence-electron chi connectivity index (χ2n) is 5.29. The number of amides is 1. The van der Waals surface area contributed by atoms with Gasteiger partial charge in [0.1, 0.15) is 11.5 Å².